The highest BCUT2D eigenvalue weighted by molar-refractivity contribution is 8.39. The summed E-state index contributed by atoms with van der Waals surface area (Å²) in [5.74, 6) is 0.837. The minimum Gasteiger partial charge on any atom is -0.325 e. The van der Waals surface area contributed by atoms with Crippen LogP contribution < -0.4 is 5.32 Å². The Balaban J connectivity index is 1.64. The molecule has 23 heavy (non-hydrogen) atoms. The zero-order valence-corrected chi connectivity index (χ0v) is 14.8. The number of aliphatic imine (C=N–C) groups is 1. The van der Waals surface area contributed by atoms with Gasteiger partial charge in [-0.15, -0.1) is 0 Å². The van der Waals surface area contributed by atoms with Crippen LogP contribution in [0.1, 0.15) is 12.5 Å². The lowest BCUT2D eigenvalue weighted by molar-refractivity contribution is -0.115. The van der Waals surface area contributed by atoms with Crippen LogP contribution in [-0.4, -0.2) is 15.5 Å². The van der Waals surface area contributed by atoms with Gasteiger partial charge in [-0.25, -0.2) is 4.99 Å². The summed E-state index contributed by atoms with van der Waals surface area (Å²) in [6.45, 7) is 1.88. The number of halogens is 1. The molecule has 0 saturated heterocycles. The quantitative estimate of drug-likeness (QED) is 0.801. The van der Waals surface area contributed by atoms with Crippen molar-refractivity contribution in [2.45, 2.75) is 17.9 Å². The monoisotopic (exact) mass is 362 g/mol. The minimum atomic E-state index is -0.231. The van der Waals surface area contributed by atoms with E-state index in [2.05, 4.69) is 16.4 Å². The molecule has 0 radical (unpaired) electrons. The number of rotatable bonds is 3. The van der Waals surface area contributed by atoms with Crippen LogP contribution in [0.25, 0.3) is 0 Å². The number of carbonyl (C=O) groups excluding carboxylic acids is 1. The largest absolute Gasteiger partial charge is 0.325 e. The molecule has 0 bridgehead atoms. The summed E-state index contributed by atoms with van der Waals surface area (Å²) in [6, 6.07) is 15.2. The van der Waals surface area contributed by atoms with Gasteiger partial charge >= 0.3 is 0 Å². The van der Waals surface area contributed by atoms with Crippen LogP contribution in [0.2, 0.25) is 5.02 Å². The Morgan fingerprint density at radius 2 is 2.13 bits per heavy atom. The molecule has 0 unspecified atom stereocenters. The maximum atomic E-state index is 12.3. The van der Waals surface area contributed by atoms with Crippen molar-refractivity contribution in [1.82, 2.24) is 0 Å². The fourth-order valence-corrected chi connectivity index (χ4v) is 4.47. The van der Waals surface area contributed by atoms with Crippen molar-refractivity contribution in [3.8, 4) is 0 Å². The number of fused-ring (bicyclic) bond motifs is 1. The molecule has 1 heterocycles. The number of carbonyl (C=O) groups is 1. The van der Waals surface area contributed by atoms with E-state index in [-0.39, 0.29) is 11.2 Å². The molecule has 1 aliphatic heterocycles. The van der Waals surface area contributed by atoms with E-state index in [0.29, 0.717) is 10.7 Å². The van der Waals surface area contributed by atoms with E-state index in [1.807, 2.05) is 37.3 Å². The van der Waals surface area contributed by atoms with Gasteiger partial charge in [0.15, 0.2) is 0 Å². The first-order chi connectivity index (χ1) is 11.1. The van der Waals surface area contributed by atoms with Crippen LogP contribution in [0.3, 0.4) is 0 Å². The number of benzene rings is 2. The van der Waals surface area contributed by atoms with Crippen molar-refractivity contribution in [3.05, 3.63) is 59.1 Å². The molecule has 6 heteroatoms. The van der Waals surface area contributed by atoms with Gasteiger partial charge in [0.25, 0.3) is 0 Å². The molecule has 1 amide bonds. The molecule has 2 aromatic carbocycles. The lowest BCUT2D eigenvalue weighted by Crippen LogP contribution is -2.23. The van der Waals surface area contributed by atoms with E-state index >= 15 is 0 Å². The van der Waals surface area contributed by atoms with Crippen molar-refractivity contribution < 1.29 is 4.79 Å². The first kappa shape index (κ1) is 16.4. The Hall–Kier alpha value is -1.43. The van der Waals surface area contributed by atoms with Gasteiger partial charge < -0.3 is 5.32 Å². The number of nitrogens with one attached hydrogen (secondary N) is 1. The number of nitrogens with zero attached hydrogens (tertiary/aromatic N) is 1. The van der Waals surface area contributed by atoms with Crippen LogP contribution in [0, 0.1) is 0 Å². The molecule has 2 aromatic rings. The normalized spacial score (nSPS) is 14.6. The molecule has 0 aromatic heterocycles. The van der Waals surface area contributed by atoms with Crippen molar-refractivity contribution in [1.29, 1.82) is 0 Å². The van der Waals surface area contributed by atoms with Crippen LogP contribution in [0.15, 0.2) is 53.5 Å². The van der Waals surface area contributed by atoms with Crippen molar-refractivity contribution in [3.63, 3.8) is 0 Å². The Morgan fingerprint density at radius 3 is 2.96 bits per heavy atom. The van der Waals surface area contributed by atoms with E-state index in [0.717, 1.165) is 15.8 Å². The highest BCUT2D eigenvalue weighted by Crippen LogP contribution is 2.35. The number of thioether (sulfide) groups is 2. The maximum absolute atomic E-state index is 12.3. The molecular formula is C17H15ClN2OS2. The first-order valence-corrected chi connectivity index (χ1v) is 9.38. The second kappa shape index (κ2) is 7.43. The van der Waals surface area contributed by atoms with Gasteiger partial charge in [0, 0.05) is 16.5 Å². The fraction of sp³-hybridized carbons (Fsp3) is 0.176. The predicted molar refractivity (Wildman–Crippen MR) is 102 cm³/mol. The Bertz CT molecular complexity index is 764. The number of hydrogen-bond donors (Lipinski definition) is 1. The summed E-state index contributed by atoms with van der Waals surface area (Å²) in [4.78, 5) is 16.9. The molecule has 3 nitrogen and oxygen atoms in total. The molecule has 118 valence electrons. The Labute approximate surface area is 148 Å². The Kier molecular flexibility index (Phi) is 5.30. The van der Waals surface area contributed by atoms with Crippen molar-refractivity contribution in [2.24, 2.45) is 4.99 Å². The molecule has 1 aliphatic rings. The second-order valence-corrected chi connectivity index (χ2v) is 8.04. The minimum absolute atomic E-state index is 0.0561. The fourth-order valence-electron chi connectivity index (χ4n) is 2.09. The van der Waals surface area contributed by atoms with Crippen molar-refractivity contribution >= 4 is 56.8 Å². The van der Waals surface area contributed by atoms with Gasteiger partial charge in [-0.1, -0.05) is 59.4 Å². The van der Waals surface area contributed by atoms with E-state index in [1.54, 1.807) is 23.9 Å². The molecule has 0 saturated carbocycles. The average Bonchev–Trinajstić information content (AvgIpc) is 2.54. The zero-order chi connectivity index (χ0) is 16.2. The van der Waals surface area contributed by atoms with Gasteiger partial charge in [-0.05, 0) is 36.8 Å². The SMILES string of the molecule is C[C@@H](SC1=Nc2ccccc2CS1)C(=O)Nc1cccc(Cl)c1. The number of hydrogen-bond acceptors (Lipinski definition) is 4. The molecule has 3 rings (SSSR count). The lowest BCUT2D eigenvalue weighted by atomic mass is 10.2. The van der Waals surface area contributed by atoms with Gasteiger partial charge in [-0.3, -0.25) is 4.79 Å². The molecule has 0 aliphatic carbocycles. The predicted octanol–water partition coefficient (Wildman–Crippen LogP) is 5.33. The molecule has 0 fully saturated rings. The average molecular weight is 363 g/mol. The Morgan fingerprint density at radius 1 is 1.30 bits per heavy atom. The zero-order valence-electron chi connectivity index (χ0n) is 12.5. The molecule has 0 spiro atoms. The summed E-state index contributed by atoms with van der Waals surface area (Å²) in [5, 5.41) is 3.26. The standard InChI is InChI=1S/C17H15ClN2OS2/c1-11(16(21)19-14-7-4-6-13(18)9-14)23-17-20-15-8-3-2-5-12(15)10-22-17/h2-9,11H,10H2,1H3,(H,19,21)/t11-/m1/s1. The number of amides is 1. The highest BCUT2D eigenvalue weighted by Gasteiger charge is 2.20. The van der Waals surface area contributed by atoms with Crippen LogP contribution >= 0.6 is 35.1 Å². The third kappa shape index (κ3) is 4.31. The van der Waals surface area contributed by atoms with Crippen LogP contribution in [0.4, 0.5) is 11.4 Å². The van der Waals surface area contributed by atoms with Gasteiger partial charge in [0.1, 0.15) is 4.38 Å². The van der Waals surface area contributed by atoms with E-state index in [4.69, 9.17) is 11.6 Å². The van der Waals surface area contributed by atoms with E-state index in [1.165, 1.54) is 17.3 Å². The van der Waals surface area contributed by atoms with Crippen LogP contribution in [0.5, 0.6) is 0 Å². The molecular weight excluding hydrogens is 348 g/mol. The second-order valence-electron chi connectivity index (χ2n) is 5.05. The van der Waals surface area contributed by atoms with Gasteiger partial charge in [-0.2, -0.15) is 0 Å². The maximum Gasteiger partial charge on any atom is 0.237 e. The third-order valence-corrected chi connectivity index (χ3v) is 5.82. The lowest BCUT2D eigenvalue weighted by Gasteiger charge is -2.17. The highest BCUT2D eigenvalue weighted by atomic mass is 35.5. The summed E-state index contributed by atoms with van der Waals surface area (Å²) in [5.41, 5.74) is 2.94. The third-order valence-electron chi connectivity index (χ3n) is 3.29. The smallest absolute Gasteiger partial charge is 0.237 e. The van der Waals surface area contributed by atoms with E-state index < -0.39 is 0 Å². The van der Waals surface area contributed by atoms with Gasteiger partial charge in [0.2, 0.25) is 5.91 Å². The number of anilines is 1. The summed E-state index contributed by atoms with van der Waals surface area (Å²) < 4.78 is 0.928. The first-order valence-electron chi connectivity index (χ1n) is 7.14. The summed E-state index contributed by atoms with van der Waals surface area (Å²) in [6.07, 6.45) is 0. The molecule has 1 atom stereocenters. The van der Waals surface area contributed by atoms with E-state index in [9.17, 15) is 4.79 Å². The van der Waals surface area contributed by atoms with Gasteiger partial charge in [0.05, 0.1) is 10.9 Å². The topological polar surface area (TPSA) is 41.5 Å². The summed E-state index contributed by atoms with van der Waals surface area (Å²) >= 11 is 9.09. The number of para-hydroxylation sites is 1. The summed E-state index contributed by atoms with van der Waals surface area (Å²) in [7, 11) is 0. The van der Waals surface area contributed by atoms with Crippen LogP contribution in [-0.2, 0) is 10.5 Å². The van der Waals surface area contributed by atoms with Crippen molar-refractivity contribution in [2.75, 3.05) is 5.32 Å². The molecule has 1 N–H and O–H groups in total.